The fourth-order valence-electron chi connectivity index (χ4n) is 2.43. The van der Waals surface area contributed by atoms with Crippen LogP contribution in [0.5, 0.6) is 0 Å². The zero-order valence-electron chi connectivity index (χ0n) is 13.1. The number of halogens is 2. The number of hydrogen-bond acceptors (Lipinski definition) is 4. The number of carbonyl (C=O) groups is 1. The molecule has 0 spiro atoms. The van der Waals surface area contributed by atoms with Crippen molar-refractivity contribution in [1.29, 1.82) is 0 Å². The molecule has 1 aromatic heterocycles. The van der Waals surface area contributed by atoms with Gasteiger partial charge in [0, 0.05) is 12.1 Å². The van der Waals surface area contributed by atoms with E-state index in [1.807, 2.05) is 0 Å². The minimum Gasteiger partial charge on any atom is -0.387 e. The van der Waals surface area contributed by atoms with Crippen molar-refractivity contribution in [1.82, 2.24) is 10.5 Å². The summed E-state index contributed by atoms with van der Waals surface area (Å²) in [4.78, 5) is 12.2. The fraction of sp³-hybridized carbons (Fsp3) is 0.375. The van der Waals surface area contributed by atoms with Gasteiger partial charge in [-0.15, -0.1) is 0 Å². The van der Waals surface area contributed by atoms with Gasteiger partial charge in [-0.25, -0.2) is 4.39 Å². The van der Waals surface area contributed by atoms with Gasteiger partial charge in [0.2, 0.25) is 5.91 Å². The second kappa shape index (κ2) is 7.10. The quantitative estimate of drug-likeness (QED) is 0.877. The van der Waals surface area contributed by atoms with Gasteiger partial charge in [0.1, 0.15) is 11.6 Å². The first-order valence-electron chi connectivity index (χ1n) is 7.14. The van der Waals surface area contributed by atoms with Crippen molar-refractivity contribution in [3.05, 3.63) is 51.6 Å². The number of hydrogen-bond donors (Lipinski definition) is 2. The Kier molecular flexibility index (Phi) is 5.38. The summed E-state index contributed by atoms with van der Waals surface area (Å²) < 4.78 is 18.4. The molecule has 124 valence electrons. The van der Waals surface area contributed by atoms with Crippen LogP contribution in [0.3, 0.4) is 0 Å². The number of nitrogens with one attached hydrogen (secondary N) is 1. The molecule has 0 bridgehead atoms. The normalized spacial score (nSPS) is 13.7. The zero-order chi connectivity index (χ0) is 17.1. The summed E-state index contributed by atoms with van der Waals surface area (Å²) in [6, 6.07) is 4.03. The molecule has 2 N–H and O–H groups in total. The monoisotopic (exact) mass is 340 g/mol. The first-order chi connectivity index (χ1) is 10.8. The minimum absolute atomic E-state index is 0.0167. The standard InChI is InChI=1S/C16H18ClFN2O3/c1-8(15-9(2)20-23-10(15)3)16(22)19-7-14(21)11-4-5-12(17)13(18)6-11/h4-6,8,14,21H,7H2,1-3H3,(H,19,22). The molecule has 2 rings (SSSR count). The van der Waals surface area contributed by atoms with Crippen molar-refractivity contribution in [3.63, 3.8) is 0 Å². The molecule has 0 aliphatic carbocycles. The Labute approximate surface area is 138 Å². The highest BCUT2D eigenvalue weighted by molar-refractivity contribution is 6.30. The number of aromatic nitrogens is 1. The SMILES string of the molecule is Cc1noc(C)c1C(C)C(=O)NCC(O)c1ccc(Cl)c(F)c1. The third-order valence-electron chi connectivity index (χ3n) is 3.71. The molecule has 2 unspecified atom stereocenters. The average molecular weight is 341 g/mol. The number of aryl methyl sites for hydroxylation is 2. The molecular weight excluding hydrogens is 323 g/mol. The lowest BCUT2D eigenvalue weighted by molar-refractivity contribution is -0.122. The summed E-state index contributed by atoms with van der Waals surface area (Å²) >= 11 is 5.60. The van der Waals surface area contributed by atoms with Crippen molar-refractivity contribution in [2.75, 3.05) is 6.54 Å². The lowest BCUT2D eigenvalue weighted by Crippen LogP contribution is -2.32. The second-order valence-electron chi connectivity index (χ2n) is 5.39. The van der Waals surface area contributed by atoms with E-state index in [2.05, 4.69) is 10.5 Å². The summed E-state index contributed by atoms with van der Waals surface area (Å²) in [6.07, 6.45) is -1.03. The third kappa shape index (κ3) is 3.89. The van der Waals surface area contributed by atoms with E-state index in [9.17, 15) is 14.3 Å². The number of nitrogens with zero attached hydrogens (tertiary/aromatic N) is 1. The minimum atomic E-state index is -1.03. The molecule has 23 heavy (non-hydrogen) atoms. The summed E-state index contributed by atoms with van der Waals surface area (Å²) in [5, 5.41) is 16.5. The van der Waals surface area contributed by atoms with Gasteiger partial charge in [0.25, 0.3) is 0 Å². The highest BCUT2D eigenvalue weighted by Gasteiger charge is 2.23. The van der Waals surface area contributed by atoms with E-state index >= 15 is 0 Å². The van der Waals surface area contributed by atoms with E-state index in [-0.39, 0.29) is 17.5 Å². The number of aliphatic hydroxyl groups is 1. The van der Waals surface area contributed by atoms with E-state index in [0.29, 0.717) is 17.0 Å². The van der Waals surface area contributed by atoms with Crippen molar-refractivity contribution in [2.24, 2.45) is 0 Å². The molecule has 0 saturated carbocycles. The Morgan fingerprint density at radius 1 is 1.48 bits per heavy atom. The molecule has 1 aromatic carbocycles. The van der Waals surface area contributed by atoms with Crippen LogP contribution < -0.4 is 5.32 Å². The smallest absolute Gasteiger partial charge is 0.227 e. The first-order valence-corrected chi connectivity index (χ1v) is 7.52. The van der Waals surface area contributed by atoms with Gasteiger partial charge in [-0.3, -0.25) is 4.79 Å². The van der Waals surface area contributed by atoms with Gasteiger partial charge < -0.3 is 14.9 Å². The fourth-order valence-corrected chi connectivity index (χ4v) is 2.54. The molecule has 2 aromatic rings. The Morgan fingerprint density at radius 2 is 2.17 bits per heavy atom. The Bertz CT molecular complexity index is 698. The number of amides is 1. The van der Waals surface area contributed by atoms with Gasteiger partial charge in [-0.05, 0) is 38.5 Å². The summed E-state index contributed by atoms with van der Waals surface area (Å²) in [5.41, 5.74) is 1.73. The summed E-state index contributed by atoms with van der Waals surface area (Å²) in [5.74, 6) is -0.757. The van der Waals surface area contributed by atoms with Crippen molar-refractivity contribution >= 4 is 17.5 Å². The van der Waals surface area contributed by atoms with E-state index in [0.717, 1.165) is 11.6 Å². The molecule has 0 aliphatic heterocycles. The molecule has 0 radical (unpaired) electrons. The number of carbonyl (C=O) groups excluding carboxylic acids is 1. The Hall–Kier alpha value is -1.92. The maximum Gasteiger partial charge on any atom is 0.227 e. The van der Waals surface area contributed by atoms with Gasteiger partial charge in [-0.1, -0.05) is 22.8 Å². The highest BCUT2D eigenvalue weighted by atomic mass is 35.5. The van der Waals surface area contributed by atoms with Crippen molar-refractivity contribution in [3.8, 4) is 0 Å². The van der Waals surface area contributed by atoms with Crippen LogP contribution in [0.25, 0.3) is 0 Å². The van der Waals surface area contributed by atoms with E-state index < -0.39 is 17.8 Å². The molecule has 2 atom stereocenters. The highest BCUT2D eigenvalue weighted by Crippen LogP contribution is 2.24. The number of benzene rings is 1. The predicted octanol–water partition coefficient (Wildman–Crippen LogP) is 3.04. The lowest BCUT2D eigenvalue weighted by atomic mass is 9.98. The van der Waals surface area contributed by atoms with E-state index in [4.69, 9.17) is 16.1 Å². The average Bonchev–Trinajstić information content (AvgIpc) is 2.85. The van der Waals surface area contributed by atoms with Crippen LogP contribution in [0.4, 0.5) is 4.39 Å². The predicted molar refractivity (Wildman–Crippen MR) is 83.8 cm³/mol. The molecule has 1 heterocycles. The first kappa shape index (κ1) is 17.4. The van der Waals surface area contributed by atoms with E-state index in [1.54, 1.807) is 20.8 Å². The van der Waals surface area contributed by atoms with Crippen molar-refractivity contribution < 1.29 is 18.8 Å². The van der Waals surface area contributed by atoms with Crippen LogP contribution in [0.1, 0.15) is 41.5 Å². The van der Waals surface area contributed by atoms with Gasteiger partial charge in [-0.2, -0.15) is 0 Å². The van der Waals surface area contributed by atoms with Gasteiger partial charge in [0.05, 0.1) is 22.7 Å². The number of rotatable bonds is 5. The number of aliphatic hydroxyl groups excluding tert-OH is 1. The van der Waals surface area contributed by atoms with Gasteiger partial charge >= 0.3 is 0 Å². The largest absolute Gasteiger partial charge is 0.387 e. The molecule has 0 fully saturated rings. The Balaban J connectivity index is 1.99. The second-order valence-corrected chi connectivity index (χ2v) is 5.80. The van der Waals surface area contributed by atoms with Crippen molar-refractivity contribution in [2.45, 2.75) is 32.8 Å². The maximum atomic E-state index is 13.4. The third-order valence-corrected chi connectivity index (χ3v) is 4.02. The summed E-state index contributed by atoms with van der Waals surface area (Å²) in [6.45, 7) is 5.20. The maximum absolute atomic E-state index is 13.4. The molecular formula is C16H18ClFN2O3. The van der Waals surface area contributed by atoms with Crippen LogP contribution in [-0.4, -0.2) is 22.7 Å². The van der Waals surface area contributed by atoms with Gasteiger partial charge in [0.15, 0.2) is 0 Å². The topological polar surface area (TPSA) is 75.4 Å². The molecule has 5 nitrogen and oxygen atoms in total. The van der Waals surface area contributed by atoms with E-state index in [1.165, 1.54) is 12.1 Å². The molecule has 0 aliphatic rings. The van der Waals surface area contributed by atoms with Crippen LogP contribution >= 0.6 is 11.6 Å². The lowest BCUT2D eigenvalue weighted by Gasteiger charge is -2.16. The van der Waals surface area contributed by atoms with Crippen LogP contribution in [0.15, 0.2) is 22.7 Å². The molecule has 7 heteroatoms. The van der Waals surface area contributed by atoms with Crippen LogP contribution in [0.2, 0.25) is 5.02 Å². The van der Waals surface area contributed by atoms with Crippen LogP contribution in [0, 0.1) is 19.7 Å². The Morgan fingerprint density at radius 3 is 2.74 bits per heavy atom. The molecule has 1 amide bonds. The zero-order valence-corrected chi connectivity index (χ0v) is 13.8. The summed E-state index contributed by atoms with van der Waals surface area (Å²) in [7, 11) is 0. The van der Waals surface area contributed by atoms with Crippen LogP contribution in [-0.2, 0) is 4.79 Å². The molecule has 0 saturated heterocycles.